The molecule has 2 heterocycles. The van der Waals surface area contributed by atoms with Crippen LogP contribution in [0.3, 0.4) is 0 Å². The number of fused-ring (bicyclic) bond motifs is 1. The monoisotopic (exact) mass is 285 g/mol. The lowest BCUT2D eigenvalue weighted by Gasteiger charge is -2.36. The normalized spacial score (nSPS) is 17.6. The lowest BCUT2D eigenvalue weighted by molar-refractivity contribution is 0.0704. The number of aryl methyl sites for hydroxylation is 1. The Kier molecular flexibility index (Phi) is 3.28. The summed E-state index contributed by atoms with van der Waals surface area (Å²) in [5.74, 6) is 0.00917. The molecule has 0 saturated heterocycles. The van der Waals surface area contributed by atoms with Gasteiger partial charge in [-0.05, 0) is 19.1 Å². The fourth-order valence-electron chi connectivity index (χ4n) is 2.36. The van der Waals surface area contributed by atoms with Gasteiger partial charge in [-0.25, -0.2) is 4.98 Å². The highest BCUT2D eigenvalue weighted by molar-refractivity contribution is 7.09. The Morgan fingerprint density at radius 2 is 2.30 bits per heavy atom. The van der Waals surface area contributed by atoms with Crippen molar-refractivity contribution in [3.63, 3.8) is 0 Å². The molecule has 20 heavy (non-hydrogen) atoms. The number of amides is 1. The molecular formula is C15H15N3OS. The summed E-state index contributed by atoms with van der Waals surface area (Å²) in [5.41, 5.74) is 2.42. The predicted molar refractivity (Wildman–Crippen MR) is 80.9 cm³/mol. The molecule has 102 valence electrons. The minimum Gasteiger partial charge on any atom is -0.359 e. The van der Waals surface area contributed by atoms with E-state index < -0.39 is 0 Å². The number of aromatic nitrogens is 1. The van der Waals surface area contributed by atoms with Gasteiger partial charge in [0.05, 0.1) is 16.3 Å². The first kappa shape index (κ1) is 12.9. The highest BCUT2D eigenvalue weighted by atomic mass is 32.1. The van der Waals surface area contributed by atoms with Gasteiger partial charge >= 0.3 is 0 Å². The van der Waals surface area contributed by atoms with Crippen molar-refractivity contribution in [2.45, 2.75) is 13.1 Å². The third-order valence-electron chi connectivity index (χ3n) is 3.26. The highest BCUT2D eigenvalue weighted by Gasteiger charge is 2.33. The second-order valence-corrected chi connectivity index (χ2v) is 5.69. The molecule has 1 aliphatic rings. The molecular weight excluding hydrogens is 270 g/mol. The largest absolute Gasteiger partial charge is 0.359 e. The van der Waals surface area contributed by atoms with Crippen LogP contribution in [0.15, 0.2) is 42.3 Å². The van der Waals surface area contributed by atoms with Crippen LogP contribution in [0.4, 0.5) is 5.69 Å². The molecule has 0 saturated carbocycles. The zero-order chi connectivity index (χ0) is 14.1. The van der Waals surface area contributed by atoms with Gasteiger partial charge in [0.25, 0.3) is 5.91 Å². The number of nitrogens with one attached hydrogen (secondary N) is 1. The maximum absolute atomic E-state index is 12.6. The Bertz CT molecular complexity index is 665. The Balaban J connectivity index is 2.05. The van der Waals surface area contributed by atoms with E-state index in [4.69, 9.17) is 0 Å². The predicted octanol–water partition coefficient (Wildman–Crippen LogP) is 3.20. The van der Waals surface area contributed by atoms with Gasteiger partial charge in [0.15, 0.2) is 0 Å². The van der Waals surface area contributed by atoms with Gasteiger partial charge < -0.3 is 10.2 Å². The molecule has 5 heteroatoms. The number of rotatable bonds is 3. The molecule has 1 aromatic heterocycles. The molecule has 2 aromatic rings. The average molecular weight is 285 g/mol. The number of carbonyl (C=O) groups excluding carboxylic acids is 1. The van der Waals surface area contributed by atoms with Gasteiger partial charge in [-0.3, -0.25) is 4.79 Å². The van der Waals surface area contributed by atoms with Crippen molar-refractivity contribution in [3.05, 3.63) is 58.6 Å². The second-order valence-electron chi connectivity index (χ2n) is 4.63. The molecule has 1 atom stereocenters. The first-order valence-electron chi connectivity index (χ1n) is 6.40. The fraction of sp³-hybridized carbons (Fsp3) is 0.200. The number of para-hydroxylation sites is 1. The first-order valence-corrected chi connectivity index (χ1v) is 7.28. The number of hydrogen-bond donors (Lipinski definition) is 1. The minimum atomic E-state index is -0.236. The van der Waals surface area contributed by atoms with Crippen LogP contribution in [-0.2, 0) is 0 Å². The van der Waals surface area contributed by atoms with E-state index in [0.717, 1.165) is 16.4 Å². The third-order valence-corrected chi connectivity index (χ3v) is 4.06. The molecule has 1 aromatic carbocycles. The number of thiazole rings is 1. The van der Waals surface area contributed by atoms with Crippen LogP contribution < -0.4 is 5.32 Å². The van der Waals surface area contributed by atoms with Gasteiger partial charge in [0.2, 0.25) is 0 Å². The van der Waals surface area contributed by atoms with Crippen molar-refractivity contribution < 1.29 is 4.79 Å². The standard InChI is InChI=1S/C15H15N3OS/c1-3-8-18-14(13-9-20-10(2)16-13)17-12-7-5-4-6-11(12)15(18)19/h3-7,9,14,17H,1,8H2,2H3/t14-/m1/s1. The summed E-state index contributed by atoms with van der Waals surface area (Å²) >= 11 is 1.59. The van der Waals surface area contributed by atoms with Crippen molar-refractivity contribution in [1.82, 2.24) is 9.88 Å². The van der Waals surface area contributed by atoms with Crippen molar-refractivity contribution in [1.29, 1.82) is 0 Å². The summed E-state index contributed by atoms with van der Waals surface area (Å²) in [6.45, 7) is 6.19. The van der Waals surface area contributed by atoms with Gasteiger partial charge in [0.1, 0.15) is 6.17 Å². The van der Waals surface area contributed by atoms with Crippen LogP contribution in [0.5, 0.6) is 0 Å². The molecule has 1 aliphatic heterocycles. The van der Waals surface area contributed by atoms with Crippen LogP contribution >= 0.6 is 11.3 Å². The Labute approximate surface area is 121 Å². The molecule has 1 amide bonds. The van der Waals surface area contributed by atoms with Crippen LogP contribution in [0.2, 0.25) is 0 Å². The SMILES string of the molecule is C=CCN1C(=O)c2ccccc2N[C@H]1c1csc(C)n1. The molecule has 0 radical (unpaired) electrons. The molecule has 0 unspecified atom stereocenters. The lowest BCUT2D eigenvalue weighted by Crippen LogP contribution is -2.43. The van der Waals surface area contributed by atoms with Crippen LogP contribution in [0.25, 0.3) is 0 Å². The Morgan fingerprint density at radius 1 is 1.50 bits per heavy atom. The summed E-state index contributed by atoms with van der Waals surface area (Å²) < 4.78 is 0. The van der Waals surface area contributed by atoms with Gasteiger partial charge in [-0.1, -0.05) is 18.2 Å². The van der Waals surface area contributed by atoms with Crippen molar-refractivity contribution in [2.75, 3.05) is 11.9 Å². The number of benzene rings is 1. The second kappa shape index (κ2) is 5.09. The molecule has 0 aliphatic carbocycles. The fourth-order valence-corrected chi connectivity index (χ4v) is 2.99. The molecule has 1 N–H and O–H groups in total. The number of anilines is 1. The minimum absolute atomic E-state index is 0.00917. The molecule has 4 nitrogen and oxygen atoms in total. The van der Waals surface area contributed by atoms with Crippen molar-refractivity contribution in [3.8, 4) is 0 Å². The number of nitrogens with zero attached hydrogens (tertiary/aromatic N) is 2. The number of hydrogen-bond acceptors (Lipinski definition) is 4. The zero-order valence-electron chi connectivity index (χ0n) is 11.2. The van der Waals surface area contributed by atoms with Gasteiger partial charge in [-0.2, -0.15) is 0 Å². The van der Waals surface area contributed by atoms with E-state index in [1.807, 2.05) is 36.6 Å². The van der Waals surface area contributed by atoms with E-state index in [-0.39, 0.29) is 12.1 Å². The van der Waals surface area contributed by atoms with E-state index in [1.165, 1.54) is 0 Å². The third kappa shape index (κ3) is 2.10. The summed E-state index contributed by atoms with van der Waals surface area (Å²) in [6.07, 6.45) is 1.50. The van der Waals surface area contributed by atoms with E-state index >= 15 is 0 Å². The maximum atomic E-state index is 12.6. The van der Waals surface area contributed by atoms with Crippen LogP contribution in [0, 0.1) is 6.92 Å². The number of carbonyl (C=O) groups is 1. The topological polar surface area (TPSA) is 45.2 Å². The average Bonchev–Trinajstić information content (AvgIpc) is 2.88. The summed E-state index contributed by atoms with van der Waals surface area (Å²) in [7, 11) is 0. The summed E-state index contributed by atoms with van der Waals surface area (Å²) in [6, 6.07) is 7.55. The van der Waals surface area contributed by atoms with Crippen LogP contribution in [-0.4, -0.2) is 22.3 Å². The van der Waals surface area contributed by atoms with Crippen LogP contribution in [0.1, 0.15) is 27.2 Å². The van der Waals surface area contributed by atoms with Crippen molar-refractivity contribution >= 4 is 22.9 Å². The van der Waals surface area contributed by atoms with E-state index in [0.29, 0.717) is 12.1 Å². The molecule has 0 fully saturated rings. The summed E-state index contributed by atoms with van der Waals surface area (Å²) in [4.78, 5) is 18.9. The van der Waals surface area contributed by atoms with E-state index in [2.05, 4.69) is 16.9 Å². The van der Waals surface area contributed by atoms with E-state index in [1.54, 1.807) is 22.3 Å². The molecule has 0 spiro atoms. The van der Waals surface area contributed by atoms with E-state index in [9.17, 15) is 4.79 Å². The quantitative estimate of drug-likeness (QED) is 0.881. The summed E-state index contributed by atoms with van der Waals surface area (Å²) in [5, 5.41) is 6.38. The lowest BCUT2D eigenvalue weighted by atomic mass is 10.1. The first-order chi connectivity index (χ1) is 9.70. The Morgan fingerprint density at radius 3 is 3.00 bits per heavy atom. The Hall–Kier alpha value is -2.14. The molecule has 0 bridgehead atoms. The van der Waals surface area contributed by atoms with Gasteiger partial charge in [-0.15, -0.1) is 17.9 Å². The molecule has 3 rings (SSSR count). The van der Waals surface area contributed by atoms with Crippen molar-refractivity contribution in [2.24, 2.45) is 0 Å². The van der Waals surface area contributed by atoms with Gasteiger partial charge in [0, 0.05) is 17.6 Å². The maximum Gasteiger partial charge on any atom is 0.258 e. The zero-order valence-corrected chi connectivity index (χ0v) is 12.0. The smallest absolute Gasteiger partial charge is 0.258 e. The highest BCUT2D eigenvalue weighted by Crippen LogP contribution is 2.33.